The number of hydrogen-bond acceptors (Lipinski definition) is 7. The van der Waals surface area contributed by atoms with Crippen molar-refractivity contribution in [2.45, 2.75) is 37.9 Å². The number of benzene rings is 1. The Morgan fingerprint density at radius 3 is 2.88 bits per heavy atom. The van der Waals surface area contributed by atoms with Gasteiger partial charge in [0, 0.05) is 38.1 Å². The van der Waals surface area contributed by atoms with E-state index in [0.29, 0.717) is 11.3 Å². The predicted octanol–water partition coefficient (Wildman–Crippen LogP) is 2.85. The normalized spacial score (nSPS) is 22.4. The van der Waals surface area contributed by atoms with Crippen LogP contribution in [0.2, 0.25) is 5.02 Å². The van der Waals surface area contributed by atoms with Gasteiger partial charge in [0.05, 0.1) is 17.3 Å². The van der Waals surface area contributed by atoms with Crippen molar-refractivity contribution in [3.05, 3.63) is 46.6 Å². The summed E-state index contributed by atoms with van der Waals surface area (Å²) in [6.07, 6.45) is 0.809. The SMILES string of the molecule is CC(=O)O[C@@H]1CN(c2ncc(Cl)cc2F)CC[C@@]1(O)COc1ccc(F)c2c1CCC(=O)N2. The van der Waals surface area contributed by atoms with Gasteiger partial charge >= 0.3 is 5.97 Å². The lowest BCUT2D eigenvalue weighted by Gasteiger charge is -2.43. The number of aromatic nitrogens is 1. The number of hydrogen-bond donors (Lipinski definition) is 2. The van der Waals surface area contributed by atoms with Crippen LogP contribution in [0.5, 0.6) is 5.75 Å². The summed E-state index contributed by atoms with van der Waals surface area (Å²) in [6.45, 7) is 1.13. The number of carbonyl (C=O) groups is 2. The summed E-state index contributed by atoms with van der Waals surface area (Å²) in [6, 6.07) is 3.73. The fourth-order valence-corrected chi connectivity index (χ4v) is 4.20. The zero-order chi connectivity index (χ0) is 23.8. The molecule has 2 aliphatic heterocycles. The number of fused-ring (bicyclic) bond motifs is 1. The fourth-order valence-electron chi connectivity index (χ4n) is 4.06. The summed E-state index contributed by atoms with van der Waals surface area (Å²) in [4.78, 5) is 28.9. The molecular weight excluding hydrogens is 460 g/mol. The Hall–Kier alpha value is -2.98. The van der Waals surface area contributed by atoms with Crippen LogP contribution in [0.4, 0.5) is 20.3 Å². The van der Waals surface area contributed by atoms with E-state index in [0.717, 1.165) is 6.07 Å². The van der Waals surface area contributed by atoms with Crippen LogP contribution in [0.15, 0.2) is 24.4 Å². The summed E-state index contributed by atoms with van der Waals surface area (Å²) < 4.78 is 39.7. The molecule has 1 aromatic carbocycles. The topological polar surface area (TPSA) is 101 Å². The molecule has 1 fully saturated rings. The smallest absolute Gasteiger partial charge is 0.303 e. The van der Waals surface area contributed by atoms with Crippen molar-refractivity contribution in [1.82, 2.24) is 4.98 Å². The van der Waals surface area contributed by atoms with E-state index in [2.05, 4.69) is 10.3 Å². The molecule has 0 radical (unpaired) electrons. The Kier molecular flexibility index (Phi) is 6.40. The van der Waals surface area contributed by atoms with Crippen LogP contribution >= 0.6 is 11.6 Å². The number of amides is 1. The molecule has 2 N–H and O–H groups in total. The average molecular weight is 482 g/mol. The van der Waals surface area contributed by atoms with Gasteiger partial charge in [0.2, 0.25) is 5.91 Å². The van der Waals surface area contributed by atoms with Gasteiger partial charge in [0.1, 0.15) is 23.8 Å². The van der Waals surface area contributed by atoms with Crippen molar-refractivity contribution in [2.75, 3.05) is 29.9 Å². The fraction of sp³-hybridized carbons (Fsp3) is 0.409. The van der Waals surface area contributed by atoms with E-state index >= 15 is 0 Å². The quantitative estimate of drug-likeness (QED) is 0.633. The third kappa shape index (κ3) is 4.86. The number of aliphatic hydroxyl groups is 1. The van der Waals surface area contributed by atoms with E-state index in [4.69, 9.17) is 21.1 Å². The molecule has 176 valence electrons. The molecule has 2 aromatic rings. The molecule has 1 aromatic heterocycles. The van der Waals surface area contributed by atoms with Gasteiger partial charge in [0.25, 0.3) is 0 Å². The first-order chi connectivity index (χ1) is 15.7. The van der Waals surface area contributed by atoms with Gasteiger partial charge in [0.15, 0.2) is 17.7 Å². The molecule has 0 aliphatic carbocycles. The summed E-state index contributed by atoms with van der Waals surface area (Å²) in [5.74, 6) is -1.77. The summed E-state index contributed by atoms with van der Waals surface area (Å²) in [5, 5.41) is 14.0. The lowest BCUT2D eigenvalue weighted by molar-refractivity contribution is -0.169. The molecule has 1 saturated heterocycles. The monoisotopic (exact) mass is 481 g/mol. The highest BCUT2D eigenvalue weighted by atomic mass is 35.5. The van der Waals surface area contributed by atoms with E-state index in [9.17, 15) is 23.5 Å². The van der Waals surface area contributed by atoms with Crippen molar-refractivity contribution in [3.8, 4) is 5.75 Å². The van der Waals surface area contributed by atoms with Gasteiger partial charge in [-0.25, -0.2) is 13.8 Å². The minimum atomic E-state index is -1.59. The molecule has 0 spiro atoms. The molecule has 0 saturated carbocycles. The van der Waals surface area contributed by atoms with Gasteiger partial charge < -0.3 is 24.8 Å². The molecule has 11 heteroatoms. The number of ether oxygens (including phenoxy) is 2. The van der Waals surface area contributed by atoms with Crippen molar-refractivity contribution in [3.63, 3.8) is 0 Å². The standard InChI is InChI=1S/C22H22ClF2N3O5/c1-12(29)33-18-10-28(21-16(25)8-13(23)9-26-21)7-6-22(18,31)11-32-17-4-3-15(24)20-14(17)2-5-19(30)27-20/h3-4,8-9,18,31H,2,5-7,10-11H2,1H3,(H,27,30)/t18-,22-/m1/s1. The van der Waals surface area contributed by atoms with E-state index < -0.39 is 29.3 Å². The molecule has 0 bridgehead atoms. The number of nitrogens with one attached hydrogen (secondary N) is 1. The van der Waals surface area contributed by atoms with E-state index in [-0.39, 0.29) is 61.4 Å². The number of carbonyl (C=O) groups excluding carboxylic acids is 2. The van der Waals surface area contributed by atoms with E-state index in [1.54, 1.807) is 4.90 Å². The Labute approximate surface area is 193 Å². The zero-order valence-corrected chi connectivity index (χ0v) is 18.5. The van der Waals surface area contributed by atoms with Gasteiger partial charge in [-0.3, -0.25) is 9.59 Å². The number of pyridine rings is 1. The second-order valence-electron chi connectivity index (χ2n) is 8.09. The Morgan fingerprint density at radius 1 is 1.36 bits per heavy atom. The zero-order valence-electron chi connectivity index (χ0n) is 17.7. The maximum absolute atomic E-state index is 14.4. The molecule has 2 atom stereocenters. The third-order valence-electron chi connectivity index (χ3n) is 5.76. The molecule has 4 rings (SSSR count). The summed E-state index contributed by atoms with van der Waals surface area (Å²) in [5.41, 5.74) is -1.04. The molecular formula is C22H22ClF2N3O5. The summed E-state index contributed by atoms with van der Waals surface area (Å²) >= 11 is 5.77. The largest absolute Gasteiger partial charge is 0.490 e. The van der Waals surface area contributed by atoms with Gasteiger partial charge in [-0.1, -0.05) is 11.6 Å². The predicted molar refractivity (Wildman–Crippen MR) is 115 cm³/mol. The maximum Gasteiger partial charge on any atom is 0.303 e. The third-order valence-corrected chi connectivity index (χ3v) is 5.97. The first-order valence-electron chi connectivity index (χ1n) is 10.4. The maximum atomic E-state index is 14.4. The molecule has 0 unspecified atom stereocenters. The molecule has 33 heavy (non-hydrogen) atoms. The first-order valence-corrected chi connectivity index (χ1v) is 10.7. The first kappa shape index (κ1) is 23.2. The van der Waals surface area contributed by atoms with Crippen LogP contribution in [0.1, 0.15) is 25.3 Å². The molecule has 2 aliphatic rings. The molecule has 8 nitrogen and oxygen atoms in total. The number of piperidine rings is 1. The van der Waals surface area contributed by atoms with Crippen molar-refractivity contribution in [1.29, 1.82) is 0 Å². The highest BCUT2D eigenvalue weighted by Gasteiger charge is 2.45. The van der Waals surface area contributed by atoms with Crippen LogP contribution in [0, 0.1) is 11.6 Å². The molecule has 3 heterocycles. The van der Waals surface area contributed by atoms with Crippen molar-refractivity contribution >= 4 is 35.0 Å². The van der Waals surface area contributed by atoms with Crippen LogP contribution in [-0.2, 0) is 20.7 Å². The van der Waals surface area contributed by atoms with Crippen molar-refractivity contribution in [2.24, 2.45) is 0 Å². The van der Waals surface area contributed by atoms with Crippen LogP contribution < -0.4 is 15.0 Å². The number of anilines is 2. The number of esters is 1. The van der Waals surface area contributed by atoms with Crippen LogP contribution in [0.25, 0.3) is 0 Å². The van der Waals surface area contributed by atoms with E-state index in [1.165, 1.54) is 25.3 Å². The second-order valence-corrected chi connectivity index (χ2v) is 8.53. The average Bonchev–Trinajstić information content (AvgIpc) is 2.75. The highest BCUT2D eigenvalue weighted by Crippen LogP contribution is 2.35. The Morgan fingerprint density at radius 2 is 2.15 bits per heavy atom. The van der Waals surface area contributed by atoms with Crippen LogP contribution in [0.3, 0.4) is 0 Å². The molecule has 1 amide bonds. The lowest BCUT2D eigenvalue weighted by atomic mass is 9.89. The van der Waals surface area contributed by atoms with Crippen molar-refractivity contribution < 1.29 is 33.0 Å². The van der Waals surface area contributed by atoms with Gasteiger partial charge in [-0.15, -0.1) is 0 Å². The highest BCUT2D eigenvalue weighted by molar-refractivity contribution is 6.30. The Balaban J connectivity index is 1.54. The minimum absolute atomic E-state index is 0.0252. The van der Waals surface area contributed by atoms with E-state index in [1.807, 2.05) is 0 Å². The second kappa shape index (κ2) is 9.11. The van der Waals surface area contributed by atoms with Crippen LogP contribution in [-0.4, -0.2) is 53.4 Å². The number of halogens is 3. The van der Waals surface area contributed by atoms with Gasteiger partial charge in [-0.2, -0.15) is 0 Å². The Bertz CT molecular complexity index is 1100. The minimum Gasteiger partial charge on any atom is -0.490 e. The number of nitrogens with zero attached hydrogens (tertiary/aromatic N) is 2. The lowest BCUT2D eigenvalue weighted by Crippen LogP contribution is -2.60. The number of rotatable bonds is 5. The summed E-state index contributed by atoms with van der Waals surface area (Å²) in [7, 11) is 0. The van der Waals surface area contributed by atoms with Gasteiger partial charge in [-0.05, 0) is 24.6 Å².